The maximum absolute atomic E-state index is 11.7. The van der Waals surface area contributed by atoms with Gasteiger partial charge in [-0.3, -0.25) is 4.79 Å². The number of hydrogen-bond donors (Lipinski definition) is 0. The lowest BCUT2D eigenvalue weighted by atomic mass is 9.85. The van der Waals surface area contributed by atoms with Crippen LogP contribution in [0.3, 0.4) is 0 Å². The Morgan fingerprint density at radius 1 is 1.41 bits per heavy atom. The number of nitrogens with zero attached hydrogens (tertiary/aromatic N) is 2. The Balaban J connectivity index is 3.04. The van der Waals surface area contributed by atoms with Crippen molar-refractivity contribution in [1.82, 2.24) is 9.78 Å². The van der Waals surface area contributed by atoms with Crippen LogP contribution in [0.4, 0.5) is 0 Å². The average molecular weight is 303 g/mol. The minimum Gasteiger partial charge on any atom is -0.480 e. The van der Waals surface area contributed by atoms with Gasteiger partial charge in [-0.25, -0.2) is 4.68 Å². The highest BCUT2D eigenvalue weighted by molar-refractivity contribution is 9.09. The van der Waals surface area contributed by atoms with Crippen LogP contribution in [0.5, 0.6) is 5.88 Å². The van der Waals surface area contributed by atoms with Crippen molar-refractivity contribution < 1.29 is 4.74 Å². The molecular weight excluding hydrogens is 284 g/mol. The molecule has 96 valence electrons. The van der Waals surface area contributed by atoms with Gasteiger partial charge in [-0.15, -0.1) is 5.10 Å². The van der Waals surface area contributed by atoms with Crippen molar-refractivity contribution in [3.05, 3.63) is 22.5 Å². The number of aromatic nitrogens is 2. The Bertz CT molecular complexity index is 405. The maximum Gasteiger partial charge on any atom is 0.266 e. The Labute approximate surface area is 110 Å². The van der Waals surface area contributed by atoms with Gasteiger partial charge in [-0.1, -0.05) is 29.8 Å². The second kappa shape index (κ2) is 6.19. The highest BCUT2D eigenvalue weighted by Gasteiger charge is 2.26. The van der Waals surface area contributed by atoms with Gasteiger partial charge in [-0.2, -0.15) is 0 Å². The monoisotopic (exact) mass is 302 g/mol. The molecular formula is C12H19BrN2O2. The molecule has 1 rings (SSSR count). The molecule has 1 heterocycles. The molecule has 0 saturated heterocycles. The van der Waals surface area contributed by atoms with Crippen LogP contribution in [-0.4, -0.2) is 22.2 Å². The molecule has 0 bridgehead atoms. The van der Waals surface area contributed by atoms with Crippen LogP contribution in [0.15, 0.2) is 16.9 Å². The van der Waals surface area contributed by atoms with Crippen molar-refractivity contribution in [3.63, 3.8) is 0 Å². The van der Waals surface area contributed by atoms with Gasteiger partial charge in [0.1, 0.15) is 0 Å². The van der Waals surface area contributed by atoms with Crippen molar-refractivity contribution in [1.29, 1.82) is 0 Å². The fourth-order valence-corrected chi connectivity index (χ4v) is 2.65. The number of alkyl halides is 1. The van der Waals surface area contributed by atoms with Crippen LogP contribution in [0.1, 0.15) is 26.7 Å². The molecule has 0 radical (unpaired) electrons. The van der Waals surface area contributed by atoms with Gasteiger partial charge in [0.15, 0.2) is 0 Å². The lowest BCUT2D eigenvalue weighted by Gasteiger charge is -2.29. The van der Waals surface area contributed by atoms with Crippen LogP contribution >= 0.6 is 15.9 Å². The second-order valence-corrected chi connectivity index (χ2v) is 4.77. The molecule has 0 aliphatic heterocycles. The van der Waals surface area contributed by atoms with Crippen molar-refractivity contribution in [2.45, 2.75) is 33.2 Å². The summed E-state index contributed by atoms with van der Waals surface area (Å²) >= 11 is 3.54. The molecule has 0 N–H and O–H groups in total. The molecule has 0 spiro atoms. The smallest absolute Gasteiger partial charge is 0.266 e. The van der Waals surface area contributed by atoms with Crippen LogP contribution < -0.4 is 10.3 Å². The summed E-state index contributed by atoms with van der Waals surface area (Å²) in [6.07, 6.45) is 2.00. The summed E-state index contributed by atoms with van der Waals surface area (Å²) in [7, 11) is 1.55. The minimum absolute atomic E-state index is 0.0726. The Morgan fingerprint density at radius 3 is 2.53 bits per heavy atom. The standard InChI is InChI=1S/C12H19BrN2O2/c1-4-12(5-2,8-13)9-15-11(16)7-6-10(14-15)17-3/h6-7H,4-5,8-9H2,1-3H3. The third-order valence-electron chi connectivity index (χ3n) is 3.32. The predicted molar refractivity (Wildman–Crippen MR) is 71.9 cm³/mol. The van der Waals surface area contributed by atoms with Gasteiger partial charge in [0.2, 0.25) is 5.88 Å². The summed E-state index contributed by atoms with van der Waals surface area (Å²) in [5.41, 5.74) is -0.0126. The van der Waals surface area contributed by atoms with Gasteiger partial charge in [-0.05, 0) is 18.3 Å². The predicted octanol–water partition coefficient (Wildman–Crippen LogP) is 2.45. The summed E-state index contributed by atoms with van der Waals surface area (Å²) in [6.45, 7) is 4.88. The number of rotatable bonds is 6. The lowest BCUT2D eigenvalue weighted by Crippen LogP contribution is -2.34. The quantitative estimate of drug-likeness (QED) is 0.758. The van der Waals surface area contributed by atoms with Gasteiger partial charge >= 0.3 is 0 Å². The summed E-state index contributed by atoms with van der Waals surface area (Å²) < 4.78 is 6.54. The van der Waals surface area contributed by atoms with Crippen LogP contribution in [0.25, 0.3) is 0 Å². The summed E-state index contributed by atoms with van der Waals surface area (Å²) in [4.78, 5) is 11.7. The molecule has 0 aliphatic carbocycles. The third kappa shape index (κ3) is 3.31. The zero-order chi connectivity index (χ0) is 12.9. The largest absolute Gasteiger partial charge is 0.480 e. The van der Waals surface area contributed by atoms with Gasteiger partial charge in [0.05, 0.1) is 13.7 Å². The van der Waals surface area contributed by atoms with E-state index in [0.717, 1.165) is 18.2 Å². The zero-order valence-corrected chi connectivity index (χ0v) is 12.2. The molecule has 0 aromatic carbocycles. The first-order valence-corrected chi connectivity index (χ1v) is 6.91. The molecule has 1 aromatic heterocycles. The van der Waals surface area contributed by atoms with Crippen molar-refractivity contribution in [2.75, 3.05) is 12.4 Å². The third-order valence-corrected chi connectivity index (χ3v) is 4.51. The lowest BCUT2D eigenvalue weighted by molar-refractivity contribution is 0.237. The molecule has 0 unspecified atom stereocenters. The average Bonchev–Trinajstić information content (AvgIpc) is 2.38. The van der Waals surface area contributed by atoms with Crippen molar-refractivity contribution >= 4 is 15.9 Å². The fourth-order valence-electron chi connectivity index (χ4n) is 1.67. The molecule has 1 aromatic rings. The van der Waals surface area contributed by atoms with Gasteiger partial charge < -0.3 is 4.74 Å². The van der Waals surface area contributed by atoms with E-state index in [1.165, 1.54) is 10.7 Å². The van der Waals surface area contributed by atoms with E-state index in [1.54, 1.807) is 13.2 Å². The van der Waals surface area contributed by atoms with Crippen LogP contribution in [0, 0.1) is 5.41 Å². The molecule has 0 amide bonds. The Kier molecular flexibility index (Phi) is 5.18. The highest BCUT2D eigenvalue weighted by atomic mass is 79.9. The first-order valence-electron chi connectivity index (χ1n) is 5.79. The van der Waals surface area contributed by atoms with Crippen molar-refractivity contribution in [2.24, 2.45) is 5.41 Å². The first kappa shape index (κ1) is 14.2. The van der Waals surface area contributed by atoms with E-state index >= 15 is 0 Å². The number of methoxy groups -OCH3 is 1. The number of halogens is 1. The van der Waals surface area contributed by atoms with Gasteiger partial charge in [0.25, 0.3) is 5.56 Å². The van der Waals surface area contributed by atoms with E-state index < -0.39 is 0 Å². The summed E-state index contributed by atoms with van der Waals surface area (Å²) in [6, 6.07) is 3.09. The fraction of sp³-hybridized carbons (Fsp3) is 0.667. The molecule has 17 heavy (non-hydrogen) atoms. The van der Waals surface area contributed by atoms with Gasteiger partial charge in [0, 0.05) is 17.5 Å². The van der Waals surface area contributed by atoms with Crippen LogP contribution in [-0.2, 0) is 6.54 Å². The molecule has 0 atom stereocenters. The van der Waals surface area contributed by atoms with E-state index in [1.807, 2.05) is 0 Å². The van der Waals surface area contributed by atoms with Crippen LogP contribution in [0.2, 0.25) is 0 Å². The summed E-state index contributed by atoms with van der Waals surface area (Å²) in [5, 5.41) is 5.04. The molecule has 0 aliphatic rings. The van der Waals surface area contributed by atoms with E-state index in [-0.39, 0.29) is 11.0 Å². The Hall–Kier alpha value is -0.840. The van der Waals surface area contributed by atoms with E-state index in [4.69, 9.17) is 4.74 Å². The second-order valence-electron chi connectivity index (χ2n) is 4.21. The first-order chi connectivity index (χ1) is 8.10. The topological polar surface area (TPSA) is 44.1 Å². The highest BCUT2D eigenvalue weighted by Crippen LogP contribution is 2.30. The minimum atomic E-state index is -0.0852. The number of hydrogen-bond acceptors (Lipinski definition) is 3. The Morgan fingerprint density at radius 2 is 2.06 bits per heavy atom. The van der Waals surface area contributed by atoms with Crippen molar-refractivity contribution in [3.8, 4) is 5.88 Å². The van der Waals surface area contributed by atoms with E-state index in [2.05, 4.69) is 34.9 Å². The normalized spacial score (nSPS) is 11.5. The van der Waals surface area contributed by atoms with E-state index in [9.17, 15) is 4.79 Å². The van der Waals surface area contributed by atoms with E-state index in [0.29, 0.717) is 12.4 Å². The molecule has 0 saturated carbocycles. The molecule has 4 nitrogen and oxygen atoms in total. The summed E-state index contributed by atoms with van der Waals surface area (Å²) in [5.74, 6) is 0.472. The molecule has 5 heteroatoms. The SMILES string of the molecule is CCC(CC)(CBr)Cn1nc(OC)ccc1=O. The maximum atomic E-state index is 11.7. The zero-order valence-electron chi connectivity index (χ0n) is 10.6. The number of ether oxygens (including phenoxy) is 1. The molecule has 0 fully saturated rings.